The third kappa shape index (κ3) is 2.18. The zero-order chi connectivity index (χ0) is 18.0. The van der Waals surface area contributed by atoms with E-state index in [9.17, 15) is 8.78 Å². The van der Waals surface area contributed by atoms with Crippen molar-refractivity contribution in [3.8, 4) is 0 Å². The van der Waals surface area contributed by atoms with Gasteiger partial charge in [-0.3, -0.25) is 4.90 Å². The Morgan fingerprint density at radius 3 is 2.72 bits per heavy atom. The van der Waals surface area contributed by atoms with Crippen molar-refractivity contribution in [1.29, 1.82) is 0 Å². The maximum absolute atomic E-state index is 14.9. The lowest BCUT2D eigenvalue weighted by atomic mass is 9.81. The molecule has 0 radical (unpaired) electrons. The third-order valence-corrected chi connectivity index (χ3v) is 5.73. The van der Waals surface area contributed by atoms with Gasteiger partial charge in [0.05, 0.1) is 11.4 Å². The van der Waals surface area contributed by atoms with Crippen molar-refractivity contribution in [3.05, 3.63) is 58.0 Å². The molecule has 1 atom stereocenters. The second-order valence-corrected chi connectivity index (χ2v) is 7.24. The Balaban J connectivity index is 2.00. The highest BCUT2D eigenvalue weighted by Gasteiger charge is 2.38. The number of rotatable bonds is 0. The molecule has 0 aliphatic carbocycles. The van der Waals surface area contributed by atoms with E-state index >= 15 is 0 Å². The van der Waals surface area contributed by atoms with Gasteiger partial charge < -0.3 is 9.64 Å². The Morgan fingerprint density at radius 1 is 1.28 bits per heavy atom. The Kier molecular flexibility index (Phi) is 3.55. The fourth-order valence-corrected chi connectivity index (χ4v) is 3.95. The molecule has 5 heteroatoms. The molecule has 3 heterocycles. The van der Waals surface area contributed by atoms with E-state index < -0.39 is 11.6 Å². The van der Waals surface area contributed by atoms with E-state index in [1.807, 2.05) is 0 Å². The molecule has 1 unspecified atom stereocenters. The molecular formula is C20H22F2N2O. The lowest BCUT2D eigenvalue weighted by Gasteiger charge is -2.42. The average molecular weight is 344 g/mol. The second-order valence-electron chi connectivity index (χ2n) is 7.24. The molecule has 0 saturated heterocycles. The van der Waals surface area contributed by atoms with E-state index in [0.29, 0.717) is 35.4 Å². The molecule has 4 rings (SSSR count). The van der Waals surface area contributed by atoms with Crippen LogP contribution in [0.3, 0.4) is 0 Å². The molecule has 3 aliphatic heterocycles. The summed E-state index contributed by atoms with van der Waals surface area (Å²) in [5.41, 5.74) is 4.75. The normalized spacial score (nSPS) is 23.4. The zero-order valence-electron chi connectivity index (χ0n) is 15.0. The molecule has 0 N–H and O–H groups in total. The van der Waals surface area contributed by atoms with Crippen LogP contribution in [-0.2, 0) is 4.74 Å². The standard InChI is InChI=1S/C20H22F2N2O/c1-10-6-14-13(8-23(10)4)9-25-20-12(3)24(5)19-15(17(14)20)7-16(21)11(2)18(19)22/h7,10H,3,6,8-9H2,1-2,4-5H3. The van der Waals surface area contributed by atoms with E-state index in [-0.39, 0.29) is 5.56 Å². The summed E-state index contributed by atoms with van der Waals surface area (Å²) >= 11 is 0. The lowest BCUT2D eigenvalue weighted by molar-refractivity contribution is 0.201. The Bertz CT molecular complexity index is 869. The van der Waals surface area contributed by atoms with E-state index in [0.717, 1.165) is 24.1 Å². The maximum atomic E-state index is 14.9. The van der Waals surface area contributed by atoms with Crippen LogP contribution in [0.5, 0.6) is 0 Å². The molecule has 3 aliphatic rings. The van der Waals surface area contributed by atoms with Crippen LogP contribution in [0.15, 0.2) is 35.2 Å². The minimum Gasteiger partial charge on any atom is -0.486 e. The molecule has 0 spiro atoms. The highest BCUT2D eigenvalue weighted by molar-refractivity contribution is 5.94. The zero-order valence-corrected chi connectivity index (χ0v) is 15.0. The number of anilines is 1. The lowest BCUT2D eigenvalue weighted by Crippen LogP contribution is -2.39. The SMILES string of the molecule is C=C1C2=C(C3=C(CO2)CN(C)C(C)C3)c2cc(F)c(C)c(F)c2N1C. The summed E-state index contributed by atoms with van der Waals surface area (Å²) in [6.07, 6.45) is 0.835. The molecule has 132 valence electrons. The predicted molar refractivity (Wildman–Crippen MR) is 95.2 cm³/mol. The van der Waals surface area contributed by atoms with Gasteiger partial charge in [0.15, 0.2) is 11.6 Å². The molecule has 1 aromatic carbocycles. The third-order valence-electron chi connectivity index (χ3n) is 5.73. The number of ether oxygens (including phenoxy) is 1. The Morgan fingerprint density at radius 2 is 2.00 bits per heavy atom. The largest absolute Gasteiger partial charge is 0.486 e. The van der Waals surface area contributed by atoms with Gasteiger partial charge in [0.2, 0.25) is 0 Å². The van der Waals surface area contributed by atoms with Gasteiger partial charge >= 0.3 is 0 Å². The summed E-state index contributed by atoms with van der Waals surface area (Å²) in [5.74, 6) is -0.412. The predicted octanol–water partition coefficient (Wildman–Crippen LogP) is 4.00. The summed E-state index contributed by atoms with van der Waals surface area (Å²) < 4.78 is 35.2. The molecular weight excluding hydrogens is 322 g/mol. The molecule has 0 saturated carbocycles. The first kappa shape index (κ1) is 16.3. The van der Waals surface area contributed by atoms with Crippen LogP contribution in [0.25, 0.3) is 5.57 Å². The van der Waals surface area contributed by atoms with Crippen LogP contribution in [-0.4, -0.2) is 38.2 Å². The van der Waals surface area contributed by atoms with Gasteiger partial charge in [0, 0.05) is 36.3 Å². The summed E-state index contributed by atoms with van der Waals surface area (Å²) in [6.45, 7) is 9.03. The number of allylic oxidation sites excluding steroid dienone is 1. The van der Waals surface area contributed by atoms with E-state index in [4.69, 9.17) is 4.74 Å². The monoisotopic (exact) mass is 344 g/mol. The quantitative estimate of drug-likeness (QED) is 0.708. The van der Waals surface area contributed by atoms with Crippen LogP contribution in [0.2, 0.25) is 0 Å². The number of hydrogen-bond donors (Lipinski definition) is 0. The number of benzene rings is 1. The van der Waals surface area contributed by atoms with Crippen LogP contribution < -0.4 is 4.90 Å². The summed E-state index contributed by atoms with van der Waals surface area (Å²) in [7, 11) is 3.83. The summed E-state index contributed by atoms with van der Waals surface area (Å²) in [4.78, 5) is 3.94. The smallest absolute Gasteiger partial charge is 0.153 e. The molecule has 0 aromatic heterocycles. The van der Waals surface area contributed by atoms with Gasteiger partial charge in [-0.2, -0.15) is 0 Å². The Hall–Kier alpha value is -2.14. The van der Waals surface area contributed by atoms with Gasteiger partial charge in [0.25, 0.3) is 0 Å². The van der Waals surface area contributed by atoms with Crippen molar-refractivity contribution in [2.45, 2.75) is 26.3 Å². The average Bonchev–Trinajstić information content (AvgIpc) is 2.57. The fraction of sp³-hybridized carbons (Fsp3) is 0.400. The summed E-state index contributed by atoms with van der Waals surface area (Å²) in [5, 5.41) is 0. The van der Waals surface area contributed by atoms with Crippen molar-refractivity contribution in [2.75, 3.05) is 32.1 Å². The van der Waals surface area contributed by atoms with Gasteiger partial charge in [-0.25, -0.2) is 8.78 Å². The molecule has 25 heavy (non-hydrogen) atoms. The number of hydrogen-bond acceptors (Lipinski definition) is 3. The van der Waals surface area contributed by atoms with Crippen LogP contribution >= 0.6 is 0 Å². The number of fused-ring (bicyclic) bond motifs is 3. The number of nitrogens with zero attached hydrogens (tertiary/aromatic N) is 2. The van der Waals surface area contributed by atoms with Crippen molar-refractivity contribution < 1.29 is 13.5 Å². The number of halogens is 2. The fourth-order valence-electron chi connectivity index (χ4n) is 3.95. The van der Waals surface area contributed by atoms with Crippen molar-refractivity contribution in [1.82, 2.24) is 4.90 Å². The minimum absolute atomic E-state index is 0.0325. The first-order valence-corrected chi connectivity index (χ1v) is 8.51. The van der Waals surface area contributed by atoms with Crippen molar-refractivity contribution in [2.24, 2.45) is 0 Å². The van der Waals surface area contributed by atoms with E-state index in [2.05, 4.69) is 25.5 Å². The molecule has 0 amide bonds. The number of likely N-dealkylation sites (N-methyl/N-ethyl adjacent to an activating group) is 2. The molecule has 0 bridgehead atoms. The second kappa shape index (κ2) is 5.43. The highest BCUT2D eigenvalue weighted by Crippen LogP contribution is 2.49. The summed E-state index contributed by atoms with van der Waals surface area (Å²) in [6, 6.07) is 1.80. The molecule has 3 nitrogen and oxygen atoms in total. The molecule has 1 aromatic rings. The van der Waals surface area contributed by atoms with E-state index in [1.165, 1.54) is 18.6 Å². The topological polar surface area (TPSA) is 15.7 Å². The van der Waals surface area contributed by atoms with Crippen molar-refractivity contribution >= 4 is 11.3 Å². The van der Waals surface area contributed by atoms with Gasteiger partial charge in [-0.1, -0.05) is 6.58 Å². The van der Waals surface area contributed by atoms with Crippen LogP contribution in [0.4, 0.5) is 14.5 Å². The van der Waals surface area contributed by atoms with Crippen LogP contribution in [0, 0.1) is 18.6 Å². The first-order valence-electron chi connectivity index (χ1n) is 8.51. The van der Waals surface area contributed by atoms with Gasteiger partial charge in [0.1, 0.15) is 12.4 Å². The van der Waals surface area contributed by atoms with Crippen molar-refractivity contribution in [3.63, 3.8) is 0 Å². The maximum Gasteiger partial charge on any atom is 0.153 e. The van der Waals surface area contributed by atoms with Crippen LogP contribution in [0.1, 0.15) is 24.5 Å². The molecule has 0 fully saturated rings. The van der Waals surface area contributed by atoms with Gasteiger partial charge in [-0.15, -0.1) is 0 Å². The highest BCUT2D eigenvalue weighted by atomic mass is 19.1. The first-order chi connectivity index (χ1) is 11.8. The Labute approximate surface area is 146 Å². The minimum atomic E-state index is -0.530. The van der Waals surface area contributed by atoms with E-state index in [1.54, 1.807) is 11.9 Å². The van der Waals surface area contributed by atoms with Gasteiger partial charge in [-0.05, 0) is 44.5 Å².